The van der Waals surface area contributed by atoms with E-state index < -0.39 is 11.7 Å². The van der Waals surface area contributed by atoms with Crippen LogP contribution in [0.2, 0.25) is 0 Å². The predicted molar refractivity (Wildman–Crippen MR) is 36.7 cm³/mol. The van der Waals surface area contributed by atoms with Crippen LogP contribution in [0.5, 0.6) is 0 Å². The molecule has 0 radical (unpaired) electrons. The summed E-state index contributed by atoms with van der Waals surface area (Å²) in [7, 11) is 0. The minimum Gasteiger partial charge on any atom is -0.387 e. The van der Waals surface area contributed by atoms with Crippen molar-refractivity contribution in [2.75, 3.05) is 6.61 Å². The number of rotatable bonds is 0. The van der Waals surface area contributed by atoms with E-state index in [1.54, 1.807) is 13.8 Å². The lowest BCUT2D eigenvalue weighted by Crippen LogP contribution is -2.51. The molecule has 10 heavy (non-hydrogen) atoms. The van der Waals surface area contributed by atoms with Gasteiger partial charge in [0.05, 0.1) is 11.7 Å². The summed E-state index contributed by atoms with van der Waals surface area (Å²) in [6.07, 6.45) is -0.483. The van der Waals surface area contributed by atoms with E-state index in [-0.39, 0.29) is 6.10 Å². The van der Waals surface area contributed by atoms with E-state index >= 15 is 0 Å². The van der Waals surface area contributed by atoms with Gasteiger partial charge in [-0.2, -0.15) is 0 Å². The summed E-state index contributed by atoms with van der Waals surface area (Å²) in [4.78, 5) is 0. The molecule has 0 amide bonds. The second kappa shape index (κ2) is 2.49. The van der Waals surface area contributed by atoms with Gasteiger partial charge >= 0.3 is 0 Å². The zero-order chi connectivity index (χ0) is 7.78. The Morgan fingerprint density at radius 2 is 2.20 bits per heavy atom. The third-order valence-electron chi connectivity index (χ3n) is 2.07. The Kier molecular flexibility index (Phi) is 1.99. The topological polar surface area (TPSA) is 49.7 Å². The zero-order valence-corrected chi connectivity index (χ0v) is 6.37. The van der Waals surface area contributed by atoms with Crippen LogP contribution < -0.4 is 0 Å². The van der Waals surface area contributed by atoms with E-state index in [1.165, 1.54) is 0 Å². The van der Waals surface area contributed by atoms with Crippen LogP contribution >= 0.6 is 0 Å². The Hall–Kier alpha value is -0.120. The molecule has 0 aromatic heterocycles. The first-order valence-corrected chi connectivity index (χ1v) is 3.56. The van der Waals surface area contributed by atoms with Crippen molar-refractivity contribution in [3.63, 3.8) is 0 Å². The Bertz CT molecular complexity index is 122. The van der Waals surface area contributed by atoms with Gasteiger partial charge in [-0.15, -0.1) is 0 Å². The van der Waals surface area contributed by atoms with Crippen molar-refractivity contribution >= 4 is 0 Å². The molecule has 3 heteroatoms. The highest BCUT2D eigenvalue weighted by Gasteiger charge is 2.38. The Balaban J connectivity index is 2.60. The largest absolute Gasteiger partial charge is 0.387 e. The molecule has 0 spiro atoms. The maximum atomic E-state index is 9.48. The third-order valence-corrected chi connectivity index (χ3v) is 2.07. The van der Waals surface area contributed by atoms with Gasteiger partial charge in [-0.3, -0.25) is 0 Å². The van der Waals surface area contributed by atoms with Crippen molar-refractivity contribution in [3.8, 4) is 0 Å². The molecule has 3 atom stereocenters. The number of hydrogen-bond acceptors (Lipinski definition) is 3. The summed E-state index contributed by atoms with van der Waals surface area (Å²) in [6.45, 7) is 3.93. The lowest BCUT2D eigenvalue weighted by atomic mass is 9.90. The summed E-state index contributed by atoms with van der Waals surface area (Å²) < 4.78 is 5.12. The molecule has 60 valence electrons. The van der Waals surface area contributed by atoms with Crippen LogP contribution in [-0.2, 0) is 4.74 Å². The third kappa shape index (κ3) is 1.31. The van der Waals surface area contributed by atoms with Crippen LogP contribution in [0.1, 0.15) is 20.3 Å². The molecule has 1 saturated heterocycles. The lowest BCUT2D eigenvalue weighted by molar-refractivity contribution is -0.175. The number of hydrogen-bond donors (Lipinski definition) is 2. The highest BCUT2D eigenvalue weighted by molar-refractivity contribution is 4.88. The van der Waals surface area contributed by atoms with E-state index in [0.717, 1.165) is 0 Å². The molecule has 2 N–H and O–H groups in total. The van der Waals surface area contributed by atoms with Crippen LogP contribution in [-0.4, -0.2) is 34.6 Å². The molecule has 0 bridgehead atoms. The van der Waals surface area contributed by atoms with Crippen LogP contribution in [0.4, 0.5) is 0 Å². The van der Waals surface area contributed by atoms with Gasteiger partial charge in [0, 0.05) is 13.0 Å². The molecule has 1 fully saturated rings. The summed E-state index contributed by atoms with van der Waals surface area (Å²) in [5.41, 5.74) is -0.961. The molecule has 1 rings (SSSR count). The molecule has 0 saturated carbocycles. The van der Waals surface area contributed by atoms with Crippen LogP contribution in [0.3, 0.4) is 0 Å². The SMILES string of the molecule is CC1OCC[C@@](C)(O)[C@H]1O. The first kappa shape index (κ1) is 7.98. The first-order chi connectivity index (χ1) is 4.54. The predicted octanol–water partition coefficient (Wildman–Crippen LogP) is -0.0929. The molecular weight excluding hydrogens is 132 g/mol. The fraction of sp³-hybridized carbons (Fsp3) is 1.00. The average Bonchev–Trinajstić information content (AvgIpc) is 1.83. The summed E-state index contributed by atoms with van der Waals surface area (Å²) in [5.74, 6) is 0. The molecular formula is C7H14O3. The first-order valence-electron chi connectivity index (χ1n) is 3.56. The van der Waals surface area contributed by atoms with Gasteiger partial charge in [0.25, 0.3) is 0 Å². The zero-order valence-electron chi connectivity index (χ0n) is 6.37. The van der Waals surface area contributed by atoms with E-state index in [9.17, 15) is 10.2 Å². The lowest BCUT2D eigenvalue weighted by Gasteiger charge is -2.37. The smallest absolute Gasteiger partial charge is 0.108 e. The van der Waals surface area contributed by atoms with Gasteiger partial charge in [0.1, 0.15) is 6.10 Å². The van der Waals surface area contributed by atoms with Crippen molar-refractivity contribution in [3.05, 3.63) is 0 Å². The molecule has 3 nitrogen and oxygen atoms in total. The average molecular weight is 146 g/mol. The van der Waals surface area contributed by atoms with Crippen molar-refractivity contribution in [1.29, 1.82) is 0 Å². The van der Waals surface area contributed by atoms with E-state index in [4.69, 9.17) is 4.74 Å². The minimum atomic E-state index is -0.961. The van der Waals surface area contributed by atoms with Crippen molar-refractivity contribution in [1.82, 2.24) is 0 Å². The Morgan fingerprint density at radius 1 is 1.60 bits per heavy atom. The van der Waals surface area contributed by atoms with Gasteiger partial charge in [-0.25, -0.2) is 0 Å². The van der Waals surface area contributed by atoms with Crippen LogP contribution in [0.15, 0.2) is 0 Å². The second-order valence-electron chi connectivity index (χ2n) is 3.13. The normalized spacial score (nSPS) is 49.2. The highest BCUT2D eigenvalue weighted by atomic mass is 16.5. The monoisotopic (exact) mass is 146 g/mol. The van der Waals surface area contributed by atoms with Crippen LogP contribution in [0.25, 0.3) is 0 Å². The van der Waals surface area contributed by atoms with Crippen molar-refractivity contribution < 1.29 is 14.9 Å². The standard InChI is InChI=1S/C7H14O3/c1-5-6(8)7(2,9)3-4-10-5/h5-6,8-9H,3-4H2,1-2H3/t5?,6-,7+/m0/s1. The van der Waals surface area contributed by atoms with Gasteiger partial charge < -0.3 is 14.9 Å². The van der Waals surface area contributed by atoms with Crippen LogP contribution in [0, 0.1) is 0 Å². The fourth-order valence-electron chi connectivity index (χ4n) is 1.20. The summed E-state index contributed by atoms with van der Waals surface area (Å²) in [6, 6.07) is 0. The van der Waals surface area contributed by atoms with Gasteiger partial charge in [0.2, 0.25) is 0 Å². The maximum Gasteiger partial charge on any atom is 0.108 e. The van der Waals surface area contributed by atoms with Crippen molar-refractivity contribution in [2.45, 2.75) is 38.1 Å². The Morgan fingerprint density at radius 3 is 2.60 bits per heavy atom. The quantitative estimate of drug-likeness (QED) is 0.502. The summed E-state index contributed by atoms with van der Waals surface area (Å²) >= 11 is 0. The summed E-state index contributed by atoms with van der Waals surface area (Å²) in [5, 5.41) is 18.8. The Labute approximate surface area is 60.6 Å². The molecule has 0 aromatic rings. The fourth-order valence-corrected chi connectivity index (χ4v) is 1.20. The maximum absolute atomic E-state index is 9.48. The van der Waals surface area contributed by atoms with Crippen molar-refractivity contribution in [2.24, 2.45) is 0 Å². The molecule has 1 aliphatic rings. The molecule has 1 heterocycles. The number of aliphatic hydroxyl groups excluding tert-OH is 1. The van der Waals surface area contributed by atoms with E-state index in [2.05, 4.69) is 0 Å². The molecule has 0 aliphatic carbocycles. The van der Waals surface area contributed by atoms with Gasteiger partial charge in [0.15, 0.2) is 0 Å². The molecule has 0 aromatic carbocycles. The number of ether oxygens (including phenoxy) is 1. The molecule has 1 unspecified atom stereocenters. The second-order valence-corrected chi connectivity index (χ2v) is 3.13. The van der Waals surface area contributed by atoms with Gasteiger partial charge in [-0.1, -0.05) is 0 Å². The number of aliphatic hydroxyl groups is 2. The van der Waals surface area contributed by atoms with Gasteiger partial charge in [-0.05, 0) is 13.8 Å². The van der Waals surface area contributed by atoms with E-state index in [0.29, 0.717) is 13.0 Å². The highest BCUT2D eigenvalue weighted by Crippen LogP contribution is 2.24. The molecule has 1 aliphatic heterocycles. The van der Waals surface area contributed by atoms with E-state index in [1.807, 2.05) is 0 Å². The minimum absolute atomic E-state index is 0.247.